The van der Waals surface area contributed by atoms with E-state index in [0.717, 1.165) is 39.0 Å². The number of phenols is 1. The van der Waals surface area contributed by atoms with Crippen molar-refractivity contribution in [3.05, 3.63) is 36.0 Å². The highest BCUT2D eigenvalue weighted by atomic mass is 16.3. The van der Waals surface area contributed by atoms with Crippen LogP contribution in [0.2, 0.25) is 0 Å². The number of aromatic amines is 1. The van der Waals surface area contributed by atoms with Crippen molar-refractivity contribution in [3.63, 3.8) is 0 Å². The number of likely N-dealkylation sites (tertiary alicyclic amines) is 1. The number of hydrogen-bond donors (Lipinski definition) is 3. The van der Waals surface area contributed by atoms with Crippen molar-refractivity contribution in [3.8, 4) is 17.0 Å². The molecule has 2 aromatic rings. The van der Waals surface area contributed by atoms with Crippen LogP contribution in [0.3, 0.4) is 0 Å². The molecule has 6 nitrogen and oxygen atoms in total. The number of aromatic nitrogens is 2. The number of carbonyl (C=O) groups excluding carboxylic acids is 1. The van der Waals surface area contributed by atoms with Crippen LogP contribution in [-0.4, -0.2) is 52.3 Å². The van der Waals surface area contributed by atoms with Crippen molar-refractivity contribution in [2.24, 2.45) is 5.41 Å². The van der Waals surface area contributed by atoms with Gasteiger partial charge in [-0.25, -0.2) is 0 Å². The molecule has 0 atom stereocenters. The van der Waals surface area contributed by atoms with Crippen LogP contribution in [0, 0.1) is 5.41 Å². The summed E-state index contributed by atoms with van der Waals surface area (Å²) in [6, 6.07) is 8.75. The molecule has 132 valence electrons. The molecule has 0 saturated carbocycles. The second-order valence-electron chi connectivity index (χ2n) is 7.23. The minimum Gasteiger partial charge on any atom is -0.507 e. The molecule has 1 amide bonds. The first-order valence-corrected chi connectivity index (χ1v) is 9.01. The van der Waals surface area contributed by atoms with Crippen molar-refractivity contribution >= 4 is 5.91 Å². The minimum absolute atomic E-state index is 0.00189. The van der Waals surface area contributed by atoms with E-state index < -0.39 is 0 Å². The number of rotatable bonds is 2. The maximum atomic E-state index is 12.8. The van der Waals surface area contributed by atoms with Crippen LogP contribution in [0.4, 0.5) is 0 Å². The van der Waals surface area contributed by atoms with Crippen LogP contribution >= 0.6 is 0 Å². The molecule has 3 N–H and O–H groups in total. The Bertz CT molecular complexity index is 754. The number of benzene rings is 1. The molecule has 6 heteroatoms. The third-order valence-electron chi connectivity index (χ3n) is 5.76. The van der Waals surface area contributed by atoms with Gasteiger partial charge in [0, 0.05) is 18.7 Å². The van der Waals surface area contributed by atoms with Gasteiger partial charge in [-0.2, -0.15) is 5.10 Å². The van der Waals surface area contributed by atoms with Crippen LogP contribution < -0.4 is 5.32 Å². The highest BCUT2D eigenvalue weighted by Crippen LogP contribution is 2.39. The largest absolute Gasteiger partial charge is 0.507 e. The molecule has 1 spiro atoms. The molecule has 2 fully saturated rings. The average molecular weight is 340 g/mol. The fourth-order valence-electron chi connectivity index (χ4n) is 4.07. The van der Waals surface area contributed by atoms with Gasteiger partial charge in [0.25, 0.3) is 5.91 Å². The van der Waals surface area contributed by atoms with E-state index in [1.807, 2.05) is 11.0 Å². The lowest BCUT2D eigenvalue weighted by Crippen LogP contribution is -2.47. The zero-order valence-corrected chi connectivity index (χ0v) is 14.3. The number of nitrogens with one attached hydrogen (secondary N) is 2. The summed E-state index contributed by atoms with van der Waals surface area (Å²) in [5.41, 5.74) is 2.13. The predicted octanol–water partition coefficient (Wildman–Crippen LogP) is 2.39. The second-order valence-corrected chi connectivity index (χ2v) is 7.23. The zero-order chi connectivity index (χ0) is 17.3. The summed E-state index contributed by atoms with van der Waals surface area (Å²) in [6.07, 6.45) is 4.61. The summed E-state index contributed by atoms with van der Waals surface area (Å²) < 4.78 is 0. The van der Waals surface area contributed by atoms with E-state index in [1.54, 1.807) is 24.3 Å². The van der Waals surface area contributed by atoms with E-state index >= 15 is 0 Å². The van der Waals surface area contributed by atoms with Crippen LogP contribution in [-0.2, 0) is 0 Å². The topological polar surface area (TPSA) is 81.2 Å². The molecule has 1 aromatic heterocycles. The maximum absolute atomic E-state index is 12.8. The van der Waals surface area contributed by atoms with E-state index in [2.05, 4.69) is 15.5 Å². The third-order valence-corrected chi connectivity index (χ3v) is 5.76. The molecule has 25 heavy (non-hydrogen) atoms. The summed E-state index contributed by atoms with van der Waals surface area (Å²) in [6.45, 7) is 3.81. The first-order valence-electron chi connectivity index (χ1n) is 9.01. The Morgan fingerprint density at radius 3 is 2.56 bits per heavy atom. The van der Waals surface area contributed by atoms with Gasteiger partial charge in [0.1, 0.15) is 11.4 Å². The lowest BCUT2D eigenvalue weighted by atomic mass is 9.71. The normalized spacial score (nSPS) is 19.9. The molecule has 0 radical (unpaired) electrons. The number of phenolic OH excluding ortho intramolecular Hbond substituents is 1. The van der Waals surface area contributed by atoms with E-state index in [0.29, 0.717) is 22.4 Å². The smallest absolute Gasteiger partial charge is 0.271 e. The molecule has 3 heterocycles. The Balaban J connectivity index is 1.45. The number of para-hydroxylation sites is 1. The Hall–Kier alpha value is -2.34. The van der Waals surface area contributed by atoms with Gasteiger partial charge in [-0.05, 0) is 62.4 Å². The first kappa shape index (κ1) is 16.1. The lowest BCUT2D eigenvalue weighted by molar-refractivity contribution is 0.0491. The Morgan fingerprint density at radius 2 is 1.84 bits per heavy atom. The molecular formula is C19H24N4O2. The molecule has 0 aliphatic carbocycles. The Morgan fingerprint density at radius 1 is 1.12 bits per heavy atom. The van der Waals surface area contributed by atoms with Gasteiger partial charge in [-0.15, -0.1) is 0 Å². The summed E-state index contributed by atoms with van der Waals surface area (Å²) in [7, 11) is 0. The van der Waals surface area contributed by atoms with Gasteiger partial charge >= 0.3 is 0 Å². The molecule has 4 rings (SSSR count). The van der Waals surface area contributed by atoms with E-state index in [4.69, 9.17) is 0 Å². The molecule has 2 saturated heterocycles. The van der Waals surface area contributed by atoms with Gasteiger partial charge in [0.15, 0.2) is 0 Å². The summed E-state index contributed by atoms with van der Waals surface area (Å²) in [5, 5.41) is 20.4. The SMILES string of the molecule is O=C(c1cc(-c2ccccc2O)n[nH]1)N1CCC2(CCNCC2)CC1. The summed E-state index contributed by atoms with van der Waals surface area (Å²) >= 11 is 0. The number of nitrogens with zero attached hydrogens (tertiary/aromatic N) is 2. The first-order chi connectivity index (χ1) is 12.2. The summed E-state index contributed by atoms with van der Waals surface area (Å²) in [5.74, 6) is 0.164. The predicted molar refractivity (Wildman–Crippen MR) is 95.4 cm³/mol. The number of carbonyl (C=O) groups is 1. The average Bonchev–Trinajstić information content (AvgIpc) is 3.13. The summed E-state index contributed by atoms with van der Waals surface area (Å²) in [4.78, 5) is 14.7. The fraction of sp³-hybridized carbons (Fsp3) is 0.474. The third kappa shape index (κ3) is 3.14. The van der Waals surface area contributed by atoms with Gasteiger partial charge < -0.3 is 15.3 Å². The van der Waals surface area contributed by atoms with E-state index in [1.165, 1.54) is 12.8 Å². The monoisotopic (exact) mass is 340 g/mol. The number of piperidine rings is 2. The zero-order valence-electron chi connectivity index (χ0n) is 14.3. The van der Waals surface area contributed by atoms with Crippen molar-refractivity contribution in [2.45, 2.75) is 25.7 Å². The number of aromatic hydroxyl groups is 1. The van der Waals surface area contributed by atoms with Gasteiger partial charge in [-0.3, -0.25) is 9.89 Å². The quantitative estimate of drug-likeness (QED) is 0.784. The van der Waals surface area contributed by atoms with Crippen LogP contribution in [0.15, 0.2) is 30.3 Å². The molecular weight excluding hydrogens is 316 g/mol. The molecule has 0 bridgehead atoms. The molecule has 1 aromatic carbocycles. The fourth-order valence-corrected chi connectivity index (χ4v) is 4.07. The van der Waals surface area contributed by atoms with Gasteiger partial charge in [-0.1, -0.05) is 12.1 Å². The Kier molecular flexibility index (Phi) is 4.21. The number of hydrogen-bond acceptors (Lipinski definition) is 4. The molecule has 0 unspecified atom stereocenters. The van der Waals surface area contributed by atoms with Crippen molar-refractivity contribution in [1.82, 2.24) is 20.4 Å². The number of amides is 1. The van der Waals surface area contributed by atoms with Crippen LogP contribution in [0.1, 0.15) is 36.2 Å². The van der Waals surface area contributed by atoms with Gasteiger partial charge in [0.2, 0.25) is 0 Å². The van der Waals surface area contributed by atoms with E-state index in [-0.39, 0.29) is 11.7 Å². The highest BCUT2D eigenvalue weighted by molar-refractivity contribution is 5.93. The van der Waals surface area contributed by atoms with Crippen molar-refractivity contribution in [1.29, 1.82) is 0 Å². The minimum atomic E-state index is -0.00189. The highest BCUT2D eigenvalue weighted by Gasteiger charge is 2.37. The van der Waals surface area contributed by atoms with Crippen LogP contribution in [0.5, 0.6) is 5.75 Å². The van der Waals surface area contributed by atoms with Crippen molar-refractivity contribution < 1.29 is 9.90 Å². The second kappa shape index (κ2) is 6.52. The van der Waals surface area contributed by atoms with E-state index in [9.17, 15) is 9.90 Å². The molecule has 2 aliphatic heterocycles. The van der Waals surface area contributed by atoms with Gasteiger partial charge in [0.05, 0.1) is 5.69 Å². The lowest BCUT2D eigenvalue weighted by Gasteiger charge is -2.44. The number of H-pyrrole nitrogens is 1. The molecule has 2 aliphatic rings. The standard InChI is InChI=1S/C19H24N4O2/c24-17-4-2-1-3-14(17)15-13-16(22-21-15)18(25)23-11-7-19(8-12-23)5-9-20-10-6-19/h1-4,13,20,24H,5-12H2,(H,21,22). The maximum Gasteiger partial charge on any atom is 0.271 e. The van der Waals surface area contributed by atoms with Crippen LogP contribution in [0.25, 0.3) is 11.3 Å². The Labute approximate surface area is 147 Å². The van der Waals surface area contributed by atoms with Crippen molar-refractivity contribution in [2.75, 3.05) is 26.2 Å².